The zero-order chi connectivity index (χ0) is 21.3. The second-order valence-corrected chi connectivity index (χ2v) is 6.86. The van der Waals surface area contributed by atoms with E-state index in [1.54, 1.807) is 35.5 Å². The Morgan fingerprint density at radius 3 is 2.63 bits per heavy atom. The van der Waals surface area contributed by atoms with Crippen LogP contribution in [0, 0.1) is 0 Å². The fraction of sp³-hybridized carbons (Fsp3) is 0.381. The number of nitrogens with zero attached hydrogens (tertiary/aromatic N) is 4. The number of carbonyl (C=O) groups excluding carboxylic acids is 3. The summed E-state index contributed by atoms with van der Waals surface area (Å²) in [5, 5.41) is 0. The van der Waals surface area contributed by atoms with Crippen LogP contribution in [0.25, 0.3) is 0 Å². The number of hydrogen-bond donors (Lipinski definition) is 0. The van der Waals surface area contributed by atoms with Gasteiger partial charge in [0.1, 0.15) is 12.2 Å². The maximum absolute atomic E-state index is 12.9. The van der Waals surface area contributed by atoms with Gasteiger partial charge in [-0.05, 0) is 29.8 Å². The topological polar surface area (TPSA) is 102 Å². The smallest absolute Gasteiger partial charge is 0.307 e. The molecule has 30 heavy (non-hydrogen) atoms. The maximum Gasteiger partial charge on any atom is 0.307 e. The monoisotopic (exact) mass is 412 g/mol. The van der Waals surface area contributed by atoms with Gasteiger partial charge in [-0.15, -0.1) is 0 Å². The molecule has 1 saturated heterocycles. The molecule has 0 bridgehead atoms. The van der Waals surface area contributed by atoms with E-state index in [1.165, 1.54) is 18.2 Å². The van der Waals surface area contributed by atoms with Gasteiger partial charge in [0.2, 0.25) is 5.91 Å². The van der Waals surface area contributed by atoms with Crippen LogP contribution in [0.4, 0.5) is 0 Å². The van der Waals surface area contributed by atoms with E-state index in [0.717, 1.165) is 5.56 Å². The molecule has 3 heterocycles. The van der Waals surface area contributed by atoms with Crippen molar-refractivity contribution in [2.75, 3.05) is 33.3 Å². The summed E-state index contributed by atoms with van der Waals surface area (Å²) >= 11 is 0. The quantitative estimate of drug-likeness (QED) is 0.623. The van der Waals surface area contributed by atoms with Crippen LogP contribution in [0.15, 0.2) is 48.9 Å². The first kappa shape index (κ1) is 21.4. The molecule has 1 atom stereocenters. The van der Waals surface area contributed by atoms with Gasteiger partial charge in [0.05, 0.1) is 26.2 Å². The highest BCUT2D eigenvalue weighted by Crippen LogP contribution is 2.14. The van der Waals surface area contributed by atoms with E-state index in [9.17, 15) is 14.4 Å². The maximum atomic E-state index is 12.9. The largest absolute Gasteiger partial charge is 0.469 e. The summed E-state index contributed by atoms with van der Waals surface area (Å²) in [4.78, 5) is 48.3. The first-order valence-electron chi connectivity index (χ1n) is 9.62. The van der Waals surface area contributed by atoms with Gasteiger partial charge in [-0.25, -0.2) is 0 Å². The number of carbonyl (C=O) groups is 3. The predicted molar refractivity (Wildman–Crippen MR) is 106 cm³/mol. The van der Waals surface area contributed by atoms with E-state index < -0.39 is 12.1 Å². The van der Waals surface area contributed by atoms with Crippen LogP contribution in [-0.4, -0.2) is 76.9 Å². The third-order valence-corrected chi connectivity index (χ3v) is 4.75. The number of ether oxygens (including phenoxy) is 2. The van der Waals surface area contributed by atoms with Gasteiger partial charge >= 0.3 is 5.97 Å². The second kappa shape index (κ2) is 10.4. The van der Waals surface area contributed by atoms with Gasteiger partial charge in [0.15, 0.2) is 0 Å². The van der Waals surface area contributed by atoms with Gasteiger partial charge < -0.3 is 19.3 Å². The minimum Gasteiger partial charge on any atom is -0.469 e. The molecule has 0 aliphatic carbocycles. The summed E-state index contributed by atoms with van der Waals surface area (Å²) in [5.74, 6) is -0.989. The van der Waals surface area contributed by atoms with E-state index in [1.807, 2.05) is 12.1 Å². The molecule has 9 heteroatoms. The predicted octanol–water partition coefficient (Wildman–Crippen LogP) is 0.909. The molecule has 0 saturated carbocycles. The first-order chi connectivity index (χ1) is 14.6. The minimum atomic E-state index is -0.421. The number of methoxy groups -OCH3 is 1. The van der Waals surface area contributed by atoms with Crippen molar-refractivity contribution in [3.05, 3.63) is 60.2 Å². The lowest BCUT2D eigenvalue weighted by atomic mass is 10.2. The standard InChI is InChI=1S/C21H24N4O5/c1-29-20(27)7-11-24-12-17(30-15-16-5-9-22-10-6-16)13-25(14-19(24)26)21(28)18-4-2-3-8-23-18/h2-6,8-10,17H,7,11-15H2,1H3. The molecule has 9 nitrogen and oxygen atoms in total. The third kappa shape index (κ3) is 5.84. The highest BCUT2D eigenvalue weighted by molar-refractivity contribution is 5.95. The minimum absolute atomic E-state index is 0.0769. The second-order valence-electron chi connectivity index (χ2n) is 6.86. The third-order valence-electron chi connectivity index (χ3n) is 4.75. The molecule has 3 rings (SSSR count). The van der Waals surface area contributed by atoms with Gasteiger partial charge in [-0.2, -0.15) is 0 Å². The van der Waals surface area contributed by atoms with Crippen LogP contribution in [0.1, 0.15) is 22.5 Å². The average Bonchev–Trinajstić information content (AvgIpc) is 2.95. The van der Waals surface area contributed by atoms with E-state index in [0.29, 0.717) is 6.61 Å². The lowest BCUT2D eigenvalue weighted by Gasteiger charge is -2.24. The molecule has 0 spiro atoms. The number of aromatic nitrogens is 2. The molecule has 1 aliphatic rings. The summed E-state index contributed by atoms with van der Waals surface area (Å²) < 4.78 is 10.7. The van der Waals surface area contributed by atoms with Gasteiger partial charge in [0, 0.05) is 38.2 Å². The van der Waals surface area contributed by atoms with Crippen LogP contribution in [0.5, 0.6) is 0 Å². The summed E-state index contributed by atoms with van der Waals surface area (Å²) in [6.45, 7) is 0.920. The lowest BCUT2D eigenvalue weighted by molar-refractivity contribution is -0.142. The molecule has 2 amide bonds. The molecule has 0 radical (unpaired) electrons. The van der Waals surface area contributed by atoms with Gasteiger partial charge in [-0.3, -0.25) is 24.4 Å². The number of amides is 2. The Labute approximate surface area is 174 Å². The zero-order valence-electron chi connectivity index (χ0n) is 16.8. The van der Waals surface area contributed by atoms with Crippen LogP contribution in [0.2, 0.25) is 0 Å². The van der Waals surface area contributed by atoms with Crippen molar-refractivity contribution in [3.8, 4) is 0 Å². The van der Waals surface area contributed by atoms with Crippen molar-refractivity contribution in [1.82, 2.24) is 19.8 Å². The average molecular weight is 412 g/mol. The Bertz CT molecular complexity index is 862. The molecule has 1 fully saturated rings. The highest BCUT2D eigenvalue weighted by Gasteiger charge is 2.32. The Morgan fingerprint density at radius 2 is 1.93 bits per heavy atom. The number of esters is 1. The first-order valence-corrected chi connectivity index (χ1v) is 9.62. The summed E-state index contributed by atoms with van der Waals surface area (Å²) in [6, 6.07) is 8.74. The van der Waals surface area contributed by atoms with E-state index >= 15 is 0 Å². The van der Waals surface area contributed by atoms with Crippen LogP contribution in [-0.2, 0) is 25.7 Å². The van der Waals surface area contributed by atoms with Gasteiger partial charge in [-0.1, -0.05) is 6.07 Å². The summed E-state index contributed by atoms with van der Waals surface area (Å²) in [5.41, 5.74) is 1.20. The Kier molecular flexibility index (Phi) is 7.45. The van der Waals surface area contributed by atoms with Crippen molar-refractivity contribution in [3.63, 3.8) is 0 Å². The highest BCUT2D eigenvalue weighted by atomic mass is 16.5. The van der Waals surface area contributed by atoms with E-state index in [-0.39, 0.29) is 50.1 Å². The SMILES string of the molecule is COC(=O)CCN1CC(OCc2ccncc2)CN(C(=O)c2ccccn2)CC1=O. The fourth-order valence-electron chi connectivity index (χ4n) is 3.13. The van der Waals surface area contributed by atoms with Gasteiger partial charge in [0.25, 0.3) is 5.91 Å². The molecule has 2 aromatic rings. The van der Waals surface area contributed by atoms with Crippen molar-refractivity contribution < 1.29 is 23.9 Å². The molecule has 2 aromatic heterocycles. The Hall–Kier alpha value is -3.33. The normalized spacial score (nSPS) is 16.8. The fourth-order valence-corrected chi connectivity index (χ4v) is 3.13. The molecular formula is C21H24N4O5. The molecule has 0 N–H and O–H groups in total. The summed E-state index contributed by atoms with van der Waals surface area (Å²) in [6.07, 6.45) is 4.54. The molecule has 158 valence electrons. The molecule has 0 aromatic carbocycles. The number of hydrogen-bond acceptors (Lipinski definition) is 7. The van der Waals surface area contributed by atoms with Crippen molar-refractivity contribution in [2.24, 2.45) is 0 Å². The zero-order valence-corrected chi connectivity index (χ0v) is 16.8. The van der Waals surface area contributed by atoms with Crippen LogP contribution < -0.4 is 0 Å². The van der Waals surface area contributed by atoms with Crippen molar-refractivity contribution >= 4 is 17.8 Å². The molecular weight excluding hydrogens is 388 g/mol. The number of rotatable bonds is 7. The number of pyridine rings is 2. The van der Waals surface area contributed by atoms with E-state index in [2.05, 4.69) is 14.7 Å². The van der Waals surface area contributed by atoms with E-state index in [4.69, 9.17) is 4.74 Å². The molecule has 1 unspecified atom stereocenters. The Morgan fingerprint density at radius 1 is 1.13 bits per heavy atom. The lowest BCUT2D eigenvalue weighted by Crippen LogP contribution is -2.40. The summed E-state index contributed by atoms with van der Waals surface area (Å²) in [7, 11) is 1.31. The van der Waals surface area contributed by atoms with Crippen LogP contribution in [0.3, 0.4) is 0 Å². The van der Waals surface area contributed by atoms with Crippen molar-refractivity contribution in [2.45, 2.75) is 19.1 Å². The Balaban J connectivity index is 1.74. The molecule has 1 aliphatic heterocycles. The van der Waals surface area contributed by atoms with Crippen LogP contribution >= 0.6 is 0 Å². The van der Waals surface area contributed by atoms with Crippen molar-refractivity contribution in [1.29, 1.82) is 0 Å².